The highest BCUT2D eigenvalue weighted by Crippen LogP contribution is 2.53. The first-order valence-corrected chi connectivity index (χ1v) is 13.2. The molecule has 1 aliphatic heterocycles. The minimum Gasteiger partial charge on any atom is -0.325 e. The molecule has 2 fully saturated rings. The number of thiazole rings is 1. The Morgan fingerprint density at radius 1 is 1.12 bits per heavy atom. The topological polar surface area (TPSA) is 79.4 Å². The number of benzene rings is 2. The van der Waals surface area contributed by atoms with Gasteiger partial charge in [0.2, 0.25) is 17.7 Å². The summed E-state index contributed by atoms with van der Waals surface area (Å²) >= 11 is 2.86. The second-order valence-corrected chi connectivity index (χ2v) is 11.5. The molecule has 3 aliphatic rings. The fourth-order valence-corrected chi connectivity index (χ4v) is 7.35. The number of aryl methyl sites for hydroxylation is 1. The number of aromatic nitrogens is 1. The van der Waals surface area contributed by atoms with E-state index in [1.165, 1.54) is 28.0 Å². The smallest absolute Gasteiger partial charge is 0.238 e. The summed E-state index contributed by atoms with van der Waals surface area (Å²) < 4.78 is 1.68. The van der Waals surface area contributed by atoms with Crippen LogP contribution in [0.4, 0.5) is 11.4 Å². The van der Waals surface area contributed by atoms with Gasteiger partial charge in [-0.3, -0.25) is 14.4 Å². The van der Waals surface area contributed by atoms with E-state index in [9.17, 15) is 14.4 Å². The van der Waals surface area contributed by atoms with E-state index < -0.39 is 0 Å². The van der Waals surface area contributed by atoms with E-state index in [4.69, 9.17) is 0 Å². The van der Waals surface area contributed by atoms with Crippen LogP contribution in [0.25, 0.3) is 10.2 Å². The molecule has 4 atom stereocenters. The zero-order chi connectivity index (χ0) is 23.6. The van der Waals surface area contributed by atoms with Gasteiger partial charge in [0.05, 0.1) is 33.5 Å². The van der Waals surface area contributed by atoms with Crippen LogP contribution in [0.15, 0.2) is 52.9 Å². The van der Waals surface area contributed by atoms with E-state index in [1.54, 1.807) is 6.07 Å². The van der Waals surface area contributed by atoms with Gasteiger partial charge >= 0.3 is 0 Å². The quantitative estimate of drug-likeness (QED) is 0.311. The van der Waals surface area contributed by atoms with Crippen LogP contribution in [0.1, 0.15) is 17.5 Å². The van der Waals surface area contributed by atoms with Crippen molar-refractivity contribution in [3.8, 4) is 0 Å². The fraction of sp³-hybridized carbons (Fsp3) is 0.308. The van der Waals surface area contributed by atoms with E-state index >= 15 is 0 Å². The molecule has 0 radical (unpaired) electrons. The molecular formula is C26H23N3O3S2. The first kappa shape index (κ1) is 21.6. The van der Waals surface area contributed by atoms with Gasteiger partial charge in [0.1, 0.15) is 0 Å². The molecule has 2 bridgehead atoms. The van der Waals surface area contributed by atoms with E-state index in [0.717, 1.165) is 37.8 Å². The number of fused-ring (bicyclic) bond motifs is 6. The van der Waals surface area contributed by atoms with E-state index in [1.807, 2.05) is 44.2 Å². The molecule has 3 amide bonds. The molecule has 2 aliphatic carbocycles. The van der Waals surface area contributed by atoms with Gasteiger partial charge in [-0.15, -0.1) is 11.3 Å². The van der Waals surface area contributed by atoms with Gasteiger partial charge in [-0.05, 0) is 67.5 Å². The predicted molar refractivity (Wildman–Crippen MR) is 135 cm³/mol. The van der Waals surface area contributed by atoms with Crippen molar-refractivity contribution in [2.24, 2.45) is 23.7 Å². The molecule has 3 aromatic rings. The number of hydrogen-bond donors (Lipinski definition) is 1. The van der Waals surface area contributed by atoms with Crippen LogP contribution in [-0.4, -0.2) is 28.5 Å². The number of imide groups is 1. The molecule has 2 heterocycles. The maximum absolute atomic E-state index is 13.1. The molecule has 6 nitrogen and oxygen atoms in total. The Balaban J connectivity index is 1.17. The Bertz CT molecular complexity index is 1370. The molecular weight excluding hydrogens is 466 g/mol. The third-order valence-corrected chi connectivity index (χ3v) is 9.45. The lowest BCUT2D eigenvalue weighted by Crippen LogP contribution is -2.32. The number of hydrogen-bond acceptors (Lipinski definition) is 6. The lowest BCUT2D eigenvalue weighted by Gasteiger charge is -2.17. The zero-order valence-corrected chi connectivity index (χ0v) is 20.4. The molecule has 2 aromatic carbocycles. The number of nitrogens with zero attached hydrogens (tertiary/aromatic N) is 2. The molecule has 6 rings (SSSR count). The monoisotopic (exact) mass is 489 g/mol. The lowest BCUT2D eigenvalue weighted by molar-refractivity contribution is -0.123. The average molecular weight is 490 g/mol. The van der Waals surface area contributed by atoms with Crippen LogP contribution < -0.4 is 10.2 Å². The number of carbonyl (C=O) groups is 3. The summed E-state index contributed by atoms with van der Waals surface area (Å²) in [6.07, 6.45) is 5.13. The number of thioether (sulfide) groups is 1. The third kappa shape index (κ3) is 3.39. The van der Waals surface area contributed by atoms with Crippen molar-refractivity contribution in [2.45, 2.75) is 24.6 Å². The largest absolute Gasteiger partial charge is 0.325 e. The van der Waals surface area contributed by atoms with Crippen LogP contribution in [0.5, 0.6) is 0 Å². The van der Waals surface area contributed by atoms with E-state index in [2.05, 4.69) is 22.5 Å². The number of anilines is 2. The van der Waals surface area contributed by atoms with Crippen molar-refractivity contribution in [3.63, 3.8) is 0 Å². The van der Waals surface area contributed by atoms with Crippen LogP contribution in [0.2, 0.25) is 0 Å². The normalized spacial score (nSPS) is 24.9. The SMILES string of the molecule is Cc1cccc(NC(=O)CSc2nc3ccc(N4C(=O)C5C6C=CC(C6)C5C4=O)cc3s2)c1C. The van der Waals surface area contributed by atoms with Gasteiger partial charge in [0, 0.05) is 5.69 Å². The van der Waals surface area contributed by atoms with Crippen molar-refractivity contribution in [1.29, 1.82) is 0 Å². The molecule has 34 heavy (non-hydrogen) atoms. The van der Waals surface area contributed by atoms with Crippen molar-refractivity contribution in [3.05, 3.63) is 59.7 Å². The minimum atomic E-state index is -0.207. The van der Waals surface area contributed by atoms with Gasteiger partial charge < -0.3 is 5.32 Å². The predicted octanol–water partition coefficient (Wildman–Crippen LogP) is 4.96. The first-order valence-electron chi connectivity index (χ1n) is 11.4. The highest BCUT2D eigenvalue weighted by Gasteiger charge is 2.59. The number of nitrogens with one attached hydrogen (secondary N) is 1. The van der Waals surface area contributed by atoms with Crippen LogP contribution >= 0.6 is 23.1 Å². The summed E-state index contributed by atoms with van der Waals surface area (Å²) in [5, 5.41) is 2.97. The maximum atomic E-state index is 13.1. The molecule has 1 aromatic heterocycles. The molecule has 1 saturated carbocycles. The summed E-state index contributed by atoms with van der Waals surface area (Å²) in [4.78, 5) is 44.7. The first-order chi connectivity index (χ1) is 16.4. The Hall–Kier alpha value is -2.97. The van der Waals surface area contributed by atoms with Crippen molar-refractivity contribution in [2.75, 3.05) is 16.0 Å². The summed E-state index contributed by atoms with van der Waals surface area (Å²) in [6, 6.07) is 11.4. The average Bonchev–Trinajstić information content (AvgIpc) is 3.58. The Labute approximate surface area is 205 Å². The van der Waals surface area contributed by atoms with E-state index in [0.29, 0.717) is 5.69 Å². The second kappa shape index (κ2) is 8.06. The summed E-state index contributed by atoms with van der Waals surface area (Å²) in [5.74, 6) is -0.00343. The number of amides is 3. The second-order valence-electron chi connectivity index (χ2n) is 9.23. The molecule has 1 N–H and O–H groups in total. The highest BCUT2D eigenvalue weighted by atomic mass is 32.2. The van der Waals surface area contributed by atoms with Gasteiger partial charge in [0.25, 0.3) is 0 Å². The summed E-state index contributed by atoms with van der Waals surface area (Å²) in [7, 11) is 0. The summed E-state index contributed by atoms with van der Waals surface area (Å²) in [5.41, 5.74) is 4.44. The van der Waals surface area contributed by atoms with Gasteiger partial charge in [-0.25, -0.2) is 9.88 Å². The van der Waals surface area contributed by atoms with E-state index in [-0.39, 0.29) is 47.1 Å². The zero-order valence-electron chi connectivity index (χ0n) is 18.8. The number of allylic oxidation sites excluding steroid dienone is 2. The minimum absolute atomic E-state index is 0.0755. The lowest BCUT2D eigenvalue weighted by atomic mass is 9.85. The van der Waals surface area contributed by atoms with Crippen LogP contribution in [0.3, 0.4) is 0 Å². The molecule has 1 saturated heterocycles. The number of rotatable bonds is 5. The van der Waals surface area contributed by atoms with Crippen molar-refractivity contribution in [1.82, 2.24) is 4.98 Å². The molecule has 0 spiro atoms. The van der Waals surface area contributed by atoms with Crippen LogP contribution in [0, 0.1) is 37.5 Å². The van der Waals surface area contributed by atoms with Gasteiger partial charge in [-0.2, -0.15) is 0 Å². The Morgan fingerprint density at radius 3 is 2.59 bits per heavy atom. The maximum Gasteiger partial charge on any atom is 0.238 e. The molecule has 8 heteroatoms. The standard InChI is InChI=1S/C26H23N3O3S2/c1-13-4-3-5-18(14(13)2)27-21(30)12-33-26-28-19-9-8-17(11-20(19)34-26)29-24(31)22-15-6-7-16(10-15)23(22)25(29)32/h3-9,11,15-16,22-23H,10,12H2,1-2H3,(H,27,30). The molecule has 4 unspecified atom stereocenters. The Kier molecular flexibility index (Phi) is 5.11. The van der Waals surface area contributed by atoms with Crippen molar-refractivity contribution < 1.29 is 14.4 Å². The number of carbonyl (C=O) groups excluding carboxylic acids is 3. The fourth-order valence-electron chi connectivity index (χ4n) is 5.45. The Morgan fingerprint density at radius 2 is 1.85 bits per heavy atom. The molecule has 172 valence electrons. The summed E-state index contributed by atoms with van der Waals surface area (Å²) in [6.45, 7) is 4.01. The highest BCUT2D eigenvalue weighted by molar-refractivity contribution is 8.01. The van der Waals surface area contributed by atoms with Crippen LogP contribution in [-0.2, 0) is 14.4 Å². The van der Waals surface area contributed by atoms with Gasteiger partial charge in [-0.1, -0.05) is 36.0 Å². The third-order valence-electron chi connectivity index (χ3n) is 7.29. The van der Waals surface area contributed by atoms with Gasteiger partial charge in [0.15, 0.2) is 4.34 Å². The van der Waals surface area contributed by atoms with Crippen molar-refractivity contribution >= 4 is 62.4 Å².